The van der Waals surface area contributed by atoms with Gasteiger partial charge in [0.05, 0.1) is 18.3 Å². The van der Waals surface area contributed by atoms with Gasteiger partial charge in [-0.15, -0.1) is 0 Å². The fourth-order valence-electron chi connectivity index (χ4n) is 7.03. The van der Waals surface area contributed by atoms with E-state index < -0.39 is 12.2 Å². The number of fused-ring (bicyclic) bond motifs is 1. The molecule has 30 heavy (non-hydrogen) atoms. The molecule has 0 aromatic carbocycles. The van der Waals surface area contributed by atoms with Gasteiger partial charge in [0.25, 0.3) is 0 Å². The van der Waals surface area contributed by atoms with Gasteiger partial charge < -0.3 is 15.3 Å². The molecular weight excluding hydrogens is 372 g/mol. The normalized spacial score (nSPS) is 41.8. The van der Waals surface area contributed by atoms with Crippen LogP contribution in [-0.2, 0) is 0 Å². The van der Waals surface area contributed by atoms with Crippen LogP contribution in [0.4, 0.5) is 0 Å². The summed E-state index contributed by atoms with van der Waals surface area (Å²) in [4.78, 5) is 0. The summed E-state index contributed by atoms with van der Waals surface area (Å²) in [5, 5.41) is 30.5. The third-order valence-electron chi connectivity index (χ3n) is 9.07. The minimum absolute atomic E-state index is 0.0693. The highest BCUT2D eigenvalue weighted by atomic mass is 16.3. The van der Waals surface area contributed by atoms with Crippen LogP contribution >= 0.6 is 0 Å². The van der Waals surface area contributed by atoms with Crippen molar-refractivity contribution >= 4 is 0 Å². The van der Waals surface area contributed by atoms with E-state index in [1.165, 1.54) is 44.9 Å². The molecule has 4 aliphatic rings. The van der Waals surface area contributed by atoms with Gasteiger partial charge >= 0.3 is 0 Å². The highest BCUT2D eigenvalue weighted by molar-refractivity contribution is 5.38. The number of rotatable bonds is 6. The van der Waals surface area contributed by atoms with Crippen molar-refractivity contribution in [2.24, 2.45) is 29.1 Å². The zero-order valence-corrected chi connectivity index (χ0v) is 19.0. The predicted molar refractivity (Wildman–Crippen MR) is 122 cm³/mol. The van der Waals surface area contributed by atoms with Crippen molar-refractivity contribution < 1.29 is 15.3 Å². The van der Waals surface area contributed by atoms with Crippen LogP contribution in [0.1, 0.15) is 84.5 Å². The molecule has 7 atom stereocenters. The first kappa shape index (κ1) is 22.3. The van der Waals surface area contributed by atoms with E-state index in [-0.39, 0.29) is 6.10 Å². The first-order valence-corrected chi connectivity index (χ1v) is 12.4. The van der Waals surface area contributed by atoms with E-state index in [0.29, 0.717) is 36.0 Å². The van der Waals surface area contributed by atoms with Gasteiger partial charge in [-0.1, -0.05) is 38.2 Å². The minimum Gasteiger partial charge on any atom is -0.393 e. The van der Waals surface area contributed by atoms with Gasteiger partial charge in [-0.3, -0.25) is 0 Å². The number of aliphatic hydroxyl groups excluding tert-OH is 3. The van der Waals surface area contributed by atoms with E-state index >= 15 is 0 Å². The molecule has 0 radical (unpaired) electrons. The summed E-state index contributed by atoms with van der Waals surface area (Å²) in [5.74, 6) is 2.66. The third kappa shape index (κ3) is 4.49. The summed E-state index contributed by atoms with van der Waals surface area (Å²) in [6.45, 7) is 9.01. The molecule has 4 fully saturated rings. The highest BCUT2D eigenvalue weighted by Gasteiger charge is 2.50. The Balaban J connectivity index is 1.44. The molecule has 0 bridgehead atoms. The summed E-state index contributed by atoms with van der Waals surface area (Å²) in [5.41, 5.74) is 3.72. The molecule has 4 rings (SSSR count). The van der Waals surface area contributed by atoms with Crippen molar-refractivity contribution in [2.45, 2.75) is 103 Å². The van der Waals surface area contributed by atoms with E-state index in [9.17, 15) is 15.3 Å². The van der Waals surface area contributed by atoms with E-state index in [0.717, 1.165) is 29.9 Å². The van der Waals surface area contributed by atoms with Crippen molar-refractivity contribution in [1.82, 2.24) is 0 Å². The quantitative estimate of drug-likeness (QED) is 0.552. The topological polar surface area (TPSA) is 60.7 Å². The van der Waals surface area contributed by atoms with E-state index in [1.54, 1.807) is 5.57 Å². The molecule has 3 N–H and O–H groups in total. The van der Waals surface area contributed by atoms with Crippen molar-refractivity contribution in [1.29, 1.82) is 0 Å². The first-order valence-electron chi connectivity index (χ1n) is 12.4. The van der Waals surface area contributed by atoms with Crippen molar-refractivity contribution in [3.05, 3.63) is 35.5 Å². The molecule has 0 amide bonds. The second-order valence-electron chi connectivity index (χ2n) is 11.1. The smallest absolute Gasteiger partial charge is 0.0811 e. The van der Waals surface area contributed by atoms with Crippen LogP contribution in [0.2, 0.25) is 0 Å². The zero-order chi connectivity index (χ0) is 21.5. The zero-order valence-electron chi connectivity index (χ0n) is 19.0. The van der Waals surface area contributed by atoms with E-state index in [4.69, 9.17) is 0 Å². The average molecular weight is 415 g/mol. The van der Waals surface area contributed by atoms with Crippen molar-refractivity contribution in [3.63, 3.8) is 0 Å². The maximum absolute atomic E-state index is 10.3. The first-order chi connectivity index (χ1) is 14.3. The lowest BCUT2D eigenvalue weighted by Gasteiger charge is -2.44. The van der Waals surface area contributed by atoms with Gasteiger partial charge in [0, 0.05) is 6.42 Å². The largest absolute Gasteiger partial charge is 0.393 e. The molecule has 0 aliphatic heterocycles. The fraction of sp³-hybridized carbons (Fsp3) is 0.778. The molecule has 0 saturated heterocycles. The lowest BCUT2D eigenvalue weighted by Crippen LogP contribution is -2.36. The standard InChI is InChI=1S/C27H42O3/c1-17(6-13-25(29)20-8-9-20)23-11-12-24-19(5-4-14-27(23,24)3)7-10-21-15-22(28)16-26(30)18(21)2/h7,10,17,20,22-26,28-30H,2,4-6,8-9,11-16H2,1,3H3/b19-7+,21-10-/t17-,22-,23-,24+,25+,26+,27+/m1/s1. The molecule has 0 aromatic rings. The number of hydrogen-bond donors (Lipinski definition) is 3. The van der Waals surface area contributed by atoms with Gasteiger partial charge in [-0.2, -0.15) is 0 Å². The second-order valence-corrected chi connectivity index (χ2v) is 11.1. The second kappa shape index (κ2) is 8.92. The number of allylic oxidation sites excluding steroid dienone is 3. The molecule has 168 valence electrons. The summed E-state index contributed by atoms with van der Waals surface area (Å²) in [7, 11) is 0. The minimum atomic E-state index is -0.613. The van der Waals surface area contributed by atoms with Crippen LogP contribution in [0.5, 0.6) is 0 Å². The Morgan fingerprint density at radius 3 is 2.63 bits per heavy atom. The molecule has 4 saturated carbocycles. The molecule has 0 heterocycles. The van der Waals surface area contributed by atoms with Crippen LogP contribution < -0.4 is 0 Å². The summed E-state index contributed by atoms with van der Waals surface area (Å²) < 4.78 is 0. The van der Waals surface area contributed by atoms with E-state index in [1.807, 2.05) is 0 Å². The van der Waals surface area contributed by atoms with Crippen molar-refractivity contribution in [3.8, 4) is 0 Å². The molecule has 3 heteroatoms. The van der Waals surface area contributed by atoms with Gasteiger partial charge in [0.1, 0.15) is 0 Å². The SMILES string of the molecule is C=C1/C(=C\C=C2/CCC[C@@]3(C)[C@@H]([C@H](C)CC[C@H](O)C4CC4)CC[C@@H]23)C[C@@H](O)C[C@@H]1O. The highest BCUT2D eigenvalue weighted by Crippen LogP contribution is 2.60. The molecule has 4 aliphatic carbocycles. The lowest BCUT2D eigenvalue weighted by atomic mass is 9.60. The van der Waals surface area contributed by atoms with Crippen LogP contribution in [-0.4, -0.2) is 33.6 Å². The van der Waals surface area contributed by atoms with Gasteiger partial charge in [-0.05, 0) is 104 Å². The maximum Gasteiger partial charge on any atom is 0.0811 e. The third-order valence-corrected chi connectivity index (χ3v) is 9.07. The van der Waals surface area contributed by atoms with Crippen LogP contribution in [0.25, 0.3) is 0 Å². The Bertz CT molecular complexity index is 703. The van der Waals surface area contributed by atoms with Crippen molar-refractivity contribution in [2.75, 3.05) is 0 Å². The Labute approximate surface area is 183 Å². The van der Waals surface area contributed by atoms with Gasteiger partial charge in [0.15, 0.2) is 0 Å². The average Bonchev–Trinajstić information content (AvgIpc) is 3.49. The van der Waals surface area contributed by atoms with Crippen LogP contribution in [0.3, 0.4) is 0 Å². The Morgan fingerprint density at radius 2 is 1.90 bits per heavy atom. The monoisotopic (exact) mass is 414 g/mol. The predicted octanol–water partition coefficient (Wildman–Crippen LogP) is 5.31. The van der Waals surface area contributed by atoms with Crippen LogP contribution in [0.15, 0.2) is 35.5 Å². The summed E-state index contributed by atoms with van der Waals surface area (Å²) >= 11 is 0. The van der Waals surface area contributed by atoms with Gasteiger partial charge in [-0.25, -0.2) is 0 Å². The molecule has 0 spiro atoms. The Hall–Kier alpha value is -0.900. The maximum atomic E-state index is 10.3. The van der Waals surface area contributed by atoms with E-state index in [2.05, 4.69) is 32.6 Å². The molecule has 0 aromatic heterocycles. The number of hydrogen-bond acceptors (Lipinski definition) is 3. The van der Waals surface area contributed by atoms with Gasteiger partial charge in [0.2, 0.25) is 0 Å². The van der Waals surface area contributed by atoms with Crippen LogP contribution in [0, 0.1) is 29.1 Å². The molecule has 0 unspecified atom stereocenters. The Morgan fingerprint density at radius 1 is 1.13 bits per heavy atom. The summed E-state index contributed by atoms with van der Waals surface area (Å²) in [6.07, 6.45) is 15.2. The molecule has 3 nitrogen and oxygen atoms in total. The molecular formula is C27H42O3. The lowest BCUT2D eigenvalue weighted by molar-refractivity contribution is 0.0784. The fourth-order valence-corrected chi connectivity index (χ4v) is 7.03. The summed E-state index contributed by atoms with van der Waals surface area (Å²) in [6, 6.07) is 0. The Kier molecular flexibility index (Phi) is 6.63. The number of aliphatic hydroxyl groups is 3.